The van der Waals surface area contributed by atoms with Crippen molar-refractivity contribution in [3.05, 3.63) is 35.4 Å². The van der Waals surface area contributed by atoms with Gasteiger partial charge in [-0.25, -0.2) is 13.6 Å². The van der Waals surface area contributed by atoms with Gasteiger partial charge in [0.15, 0.2) is 0 Å². The molecule has 2 saturated heterocycles. The van der Waals surface area contributed by atoms with Crippen LogP contribution in [-0.4, -0.2) is 42.4 Å². The van der Waals surface area contributed by atoms with E-state index in [1.807, 2.05) is 0 Å². The van der Waals surface area contributed by atoms with Gasteiger partial charge in [0.2, 0.25) is 0 Å². The van der Waals surface area contributed by atoms with Crippen LogP contribution >= 0.6 is 0 Å². The minimum atomic E-state index is -0.721. The molecule has 2 heterocycles. The first-order valence-corrected chi connectivity index (χ1v) is 7.38. The molecule has 1 aromatic carbocycles. The van der Waals surface area contributed by atoms with Gasteiger partial charge in [-0.15, -0.1) is 0 Å². The summed E-state index contributed by atoms with van der Waals surface area (Å²) in [6.45, 7) is 1.80. The van der Waals surface area contributed by atoms with Gasteiger partial charge < -0.3 is 10.2 Å². The van der Waals surface area contributed by atoms with E-state index in [1.165, 1.54) is 6.07 Å². The van der Waals surface area contributed by atoms with E-state index in [0.717, 1.165) is 31.4 Å². The van der Waals surface area contributed by atoms with Crippen LogP contribution in [-0.2, 0) is 4.84 Å². The van der Waals surface area contributed by atoms with Crippen molar-refractivity contribution in [3.8, 4) is 0 Å². The maximum atomic E-state index is 13.9. The molecule has 1 aromatic rings. The largest absolute Gasteiger partial charge is 0.435 e. The molecule has 0 aliphatic carbocycles. The average molecular weight is 309 g/mol. The molecule has 0 saturated carbocycles. The Hall–Kier alpha value is -2.02. The van der Waals surface area contributed by atoms with Gasteiger partial charge >= 0.3 is 6.09 Å². The summed E-state index contributed by atoms with van der Waals surface area (Å²) in [5.74, 6) is -1.44. The average Bonchev–Trinajstić information content (AvgIpc) is 3.35. The van der Waals surface area contributed by atoms with Crippen LogP contribution in [0.15, 0.2) is 23.4 Å². The molecule has 0 aromatic heterocycles. The maximum absolute atomic E-state index is 13.9. The zero-order valence-electron chi connectivity index (χ0n) is 12.0. The Morgan fingerprint density at radius 3 is 2.45 bits per heavy atom. The van der Waals surface area contributed by atoms with Gasteiger partial charge in [0.1, 0.15) is 17.3 Å². The van der Waals surface area contributed by atoms with Crippen LogP contribution in [0.2, 0.25) is 0 Å². The number of halogens is 2. The van der Waals surface area contributed by atoms with Gasteiger partial charge in [-0.3, -0.25) is 4.84 Å². The second-order valence-electron chi connectivity index (χ2n) is 5.44. The first kappa shape index (κ1) is 14.9. The van der Waals surface area contributed by atoms with E-state index < -0.39 is 17.7 Å². The number of likely N-dealkylation sites (tertiary alicyclic amines) is 1. The third kappa shape index (κ3) is 3.24. The van der Waals surface area contributed by atoms with Gasteiger partial charge in [-0.1, -0.05) is 11.2 Å². The van der Waals surface area contributed by atoms with E-state index in [2.05, 4.69) is 10.5 Å². The van der Waals surface area contributed by atoms with Gasteiger partial charge in [-0.2, -0.15) is 0 Å². The molecule has 22 heavy (non-hydrogen) atoms. The van der Waals surface area contributed by atoms with Crippen molar-refractivity contribution < 1.29 is 18.4 Å². The molecule has 118 valence electrons. The van der Waals surface area contributed by atoms with Crippen molar-refractivity contribution in [2.75, 3.05) is 19.6 Å². The molecule has 3 rings (SSSR count). The summed E-state index contributed by atoms with van der Waals surface area (Å²) in [6, 6.07) is 3.30. The van der Waals surface area contributed by atoms with Crippen LogP contribution in [0.25, 0.3) is 0 Å². The van der Waals surface area contributed by atoms with Crippen LogP contribution < -0.4 is 5.32 Å². The lowest BCUT2D eigenvalue weighted by molar-refractivity contribution is 0.0980. The van der Waals surface area contributed by atoms with E-state index in [4.69, 9.17) is 4.84 Å². The SMILES string of the molecule is O=C(O/N=C(/c1c(F)cccc1F)C1CN1)N1CCCCC1. The Morgan fingerprint density at radius 1 is 1.23 bits per heavy atom. The first-order valence-electron chi connectivity index (χ1n) is 7.38. The summed E-state index contributed by atoms with van der Waals surface area (Å²) in [6.07, 6.45) is 2.37. The number of carbonyl (C=O) groups excluding carboxylic acids is 1. The van der Waals surface area contributed by atoms with Crippen molar-refractivity contribution >= 4 is 11.8 Å². The lowest BCUT2D eigenvalue weighted by Crippen LogP contribution is -2.35. The van der Waals surface area contributed by atoms with Gasteiger partial charge in [0.05, 0.1) is 11.6 Å². The Balaban J connectivity index is 1.78. The van der Waals surface area contributed by atoms with Gasteiger partial charge in [0, 0.05) is 19.6 Å². The second-order valence-corrected chi connectivity index (χ2v) is 5.44. The maximum Gasteiger partial charge on any atom is 0.435 e. The number of amides is 1. The van der Waals surface area contributed by atoms with Crippen molar-refractivity contribution in [2.24, 2.45) is 5.16 Å². The molecule has 0 radical (unpaired) electrons. The Kier molecular flexibility index (Phi) is 4.33. The van der Waals surface area contributed by atoms with E-state index in [9.17, 15) is 13.6 Å². The highest BCUT2D eigenvalue weighted by atomic mass is 19.1. The first-order chi connectivity index (χ1) is 10.7. The monoisotopic (exact) mass is 309 g/mol. The van der Waals surface area contributed by atoms with Crippen LogP contribution in [0.3, 0.4) is 0 Å². The number of rotatable bonds is 3. The molecule has 2 fully saturated rings. The molecule has 1 atom stereocenters. The summed E-state index contributed by atoms with van der Waals surface area (Å²) in [7, 11) is 0. The molecule has 5 nitrogen and oxygen atoms in total. The fourth-order valence-electron chi connectivity index (χ4n) is 2.50. The summed E-state index contributed by atoms with van der Waals surface area (Å²) in [5, 5.41) is 6.66. The number of carbonyl (C=O) groups is 1. The molecular formula is C15H17F2N3O2. The minimum absolute atomic E-state index is 0.0842. The molecule has 0 bridgehead atoms. The zero-order valence-corrected chi connectivity index (χ0v) is 12.0. The quantitative estimate of drug-likeness (QED) is 0.403. The van der Waals surface area contributed by atoms with Crippen molar-refractivity contribution in [3.63, 3.8) is 0 Å². The van der Waals surface area contributed by atoms with Crippen LogP contribution in [0.1, 0.15) is 24.8 Å². The van der Waals surface area contributed by atoms with Gasteiger partial charge in [0.25, 0.3) is 0 Å². The zero-order chi connectivity index (χ0) is 15.5. The van der Waals surface area contributed by atoms with Crippen molar-refractivity contribution in [1.29, 1.82) is 0 Å². The number of nitrogens with one attached hydrogen (secondary N) is 1. The number of piperidine rings is 1. The Labute approximate surface area is 126 Å². The second kappa shape index (κ2) is 6.39. The van der Waals surface area contributed by atoms with Crippen LogP contribution in [0.5, 0.6) is 0 Å². The highest BCUT2D eigenvalue weighted by molar-refractivity contribution is 6.06. The molecule has 1 N–H and O–H groups in total. The topological polar surface area (TPSA) is 63.8 Å². The van der Waals surface area contributed by atoms with Crippen molar-refractivity contribution in [2.45, 2.75) is 25.3 Å². The van der Waals surface area contributed by atoms with E-state index in [-0.39, 0.29) is 17.3 Å². The fraction of sp³-hybridized carbons (Fsp3) is 0.467. The highest BCUT2D eigenvalue weighted by Gasteiger charge is 2.32. The normalized spacial score (nSPS) is 21.6. The summed E-state index contributed by atoms with van der Waals surface area (Å²) in [5.41, 5.74) is -0.162. The lowest BCUT2D eigenvalue weighted by Gasteiger charge is -2.24. The molecule has 1 unspecified atom stereocenters. The highest BCUT2D eigenvalue weighted by Crippen LogP contribution is 2.19. The van der Waals surface area contributed by atoms with Crippen molar-refractivity contribution in [1.82, 2.24) is 10.2 Å². The summed E-state index contributed by atoms with van der Waals surface area (Å²) < 4.78 is 27.7. The number of oxime groups is 1. The van der Waals surface area contributed by atoms with Crippen LogP contribution in [0, 0.1) is 11.6 Å². The molecule has 7 heteroatoms. The predicted molar refractivity (Wildman–Crippen MR) is 76.6 cm³/mol. The standard InChI is InChI=1S/C15H17F2N3O2/c16-10-5-4-6-11(17)13(10)14(12-9-18-12)19-22-15(21)20-7-2-1-3-8-20/h4-6,12,18H,1-3,7-9H2/b19-14+. The number of benzene rings is 1. The molecule has 2 aliphatic rings. The Bertz CT molecular complexity index is 576. The molecule has 0 spiro atoms. The van der Waals surface area contributed by atoms with E-state index in [0.29, 0.717) is 19.6 Å². The van der Waals surface area contributed by atoms with Crippen LogP contribution in [0.4, 0.5) is 13.6 Å². The number of hydrogen-bond donors (Lipinski definition) is 1. The smallest absolute Gasteiger partial charge is 0.306 e. The minimum Gasteiger partial charge on any atom is -0.306 e. The third-order valence-corrected chi connectivity index (χ3v) is 3.79. The molecular weight excluding hydrogens is 292 g/mol. The molecule has 2 aliphatic heterocycles. The summed E-state index contributed by atoms with van der Waals surface area (Å²) >= 11 is 0. The predicted octanol–water partition coefficient (Wildman–Crippen LogP) is 2.26. The Morgan fingerprint density at radius 2 is 1.86 bits per heavy atom. The lowest BCUT2D eigenvalue weighted by atomic mass is 10.1. The summed E-state index contributed by atoms with van der Waals surface area (Å²) in [4.78, 5) is 18.4. The number of hydrogen-bond acceptors (Lipinski definition) is 4. The molecule has 1 amide bonds. The fourth-order valence-corrected chi connectivity index (χ4v) is 2.50. The van der Waals surface area contributed by atoms with E-state index >= 15 is 0 Å². The third-order valence-electron chi connectivity index (χ3n) is 3.79. The van der Waals surface area contributed by atoms with E-state index in [1.54, 1.807) is 4.90 Å². The number of nitrogens with zero attached hydrogens (tertiary/aromatic N) is 2. The van der Waals surface area contributed by atoms with Gasteiger partial charge in [-0.05, 0) is 31.4 Å².